The average Bonchev–Trinajstić information content (AvgIpc) is 3.18. The Morgan fingerprint density at radius 1 is 1.47 bits per heavy atom. The van der Waals surface area contributed by atoms with E-state index < -0.39 is 0 Å². The number of aromatic amines is 1. The van der Waals surface area contributed by atoms with Crippen molar-refractivity contribution in [2.75, 3.05) is 6.61 Å². The maximum atomic E-state index is 5.82. The van der Waals surface area contributed by atoms with Crippen LogP contribution in [0.2, 0.25) is 0 Å². The fraction of sp³-hybridized carbons (Fsp3) is 0.692. The molecule has 1 aromatic heterocycles. The molecule has 2 saturated carbocycles. The third-order valence-electron chi connectivity index (χ3n) is 3.47. The van der Waals surface area contributed by atoms with E-state index in [4.69, 9.17) is 17.0 Å². The summed E-state index contributed by atoms with van der Waals surface area (Å²) in [6, 6.07) is 2.01. The van der Waals surface area contributed by atoms with E-state index in [-0.39, 0.29) is 6.10 Å². The van der Waals surface area contributed by atoms with Crippen LogP contribution in [0.25, 0.3) is 0 Å². The lowest BCUT2D eigenvalue weighted by Gasteiger charge is -2.16. The van der Waals surface area contributed by atoms with E-state index in [0.717, 1.165) is 12.4 Å². The highest BCUT2D eigenvalue weighted by Gasteiger charge is 2.35. The van der Waals surface area contributed by atoms with E-state index in [2.05, 4.69) is 9.97 Å². The lowest BCUT2D eigenvalue weighted by Crippen LogP contribution is -2.12. The van der Waals surface area contributed by atoms with Crippen LogP contribution in [0.5, 0.6) is 0 Å². The molecule has 1 heterocycles. The third kappa shape index (κ3) is 2.58. The molecule has 1 unspecified atom stereocenters. The lowest BCUT2D eigenvalue weighted by atomic mass is 10.2. The number of ether oxygens (including phenoxy) is 1. The van der Waals surface area contributed by atoms with Crippen molar-refractivity contribution in [3.8, 4) is 0 Å². The number of rotatable bonds is 5. The van der Waals surface area contributed by atoms with Gasteiger partial charge < -0.3 is 9.72 Å². The first-order valence-corrected chi connectivity index (χ1v) is 6.91. The molecule has 1 aromatic rings. The summed E-state index contributed by atoms with van der Waals surface area (Å²) >= 11 is 5.26. The van der Waals surface area contributed by atoms with Crippen LogP contribution in [0, 0.1) is 10.6 Å². The summed E-state index contributed by atoms with van der Waals surface area (Å²) in [6.45, 7) is 2.77. The Morgan fingerprint density at radius 3 is 2.82 bits per heavy atom. The van der Waals surface area contributed by atoms with Crippen molar-refractivity contribution in [1.82, 2.24) is 9.97 Å². The molecule has 17 heavy (non-hydrogen) atoms. The number of H-pyrrole nitrogens is 1. The minimum absolute atomic E-state index is 0.125. The molecule has 2 aliphatic carbocycles. The molecule has 0 saturated heterocycles. The number of nitrogens with zero attached hydrogens (tertiary/aromatic N) is 1. The Bertz CT molecular complexity index is 463. The van der Waals surface area contributed by atoms with Gasteiger partial charge in [0.15, 0.2) is 0 Å². The minimum Gasteiger partial charge on any atom is -0.370 e. The maximum absolute atomic E-state index is 5.82. The summed E-state index contributed by atoms with van der Waals surface area (Å²) in [5.41, 5.74) is 1.25. The molecule has 1 atom stereocenters. The van der Waals surface area contributed by atoms with Gasteiger partial charge in [-0.15, -0.1) is 0 Å². The molecule has 2 fully saturated rings. The van der Waals surface area contributed by atoms with Crippen LogP contribution >= 0.6 is 12.2 Å². The van der Waals surface area contributed by atoms with Gasteiger partial charge in [0.05, 0.1) is 0 Å². The second-order valence-electron chi connectivity index (χ2n) is 5.05. The highest BCUT2D eigenvalue weighted by atomic mass is 32.1. The van der Waals surface area contributed by atoms with Gasteiger partial charge in [0.2, 0.25) is 0 Å². The van der Waals surface area contributed by atoms with E-state index in [1.165, 1.54) is 31.4 Å². The highest BCUT2D eigenvalue weighted by molar-refractivity contribution is 7.71. The first kappa shape index (κ1) is 11.4. The molecule has 2 aliphatic rings. The van der Waals surface area contributed by atoms with Crippen LogP contribution in [0.1, 0.15) is 56.1 Å². The minimum atomic E-state index is 0.125. The lowest BCUT2D eigenvalue weighted by molar-refractivity contribution is 0.0398. The summed E-state index contributed by atoms with van der Waals surface area (Å²) in [6.07, 6.45) is 5.18. The van der Waals surface area contributed by atoms with E-state index in [1.54, 1.807) is 0 Å². The van der Waals surface area contributed by atoms with E-state index in [0.29, 0.717) is 16.5 Å². The molecule has 92 valence electrons. The molecule has 3 nitrogen and oxygen atoms in total. The summed E-state index contributed by atoms with van der Waals surface area (Å²) in [5, 5.41) is 0. The van der Waals surface area contributed by atoms with Crippen molar-refractivity contribution in [2.24, 2.45) is 5.92 Å². The van der Waals surface area contributed by atoms with Crippen molar-refractivity contribution < 1.29 is 4.74 Å². The summed E-state index contributed by atoms with van der Waals surface area (Å²) in [4.78, 5) is 7.91. The second kappa shape index (κ2) is 4.50. The molecule has 0 spiro atoms. The Kier molecular flexibility index (Phi) is 3.01. The zero-order chi connectivity index (χ0) is 11.8. The van der Waals surface area contributed by atoms with E-state index >= 15 is 0 Å². The number of nitrogens with one attached hydrogen (secondary N) is 1. The normalized spacial score (nSPS) is 21.5. The summed E-state index contributed by atoms with van der Waals surface area (Å²) in [5.74, 6) is 2.27. The Morgan fingerprint density at radius 2 is 2.24 bits per heavy atom. The molecule has 3 rings (SSSR count). The number of aromatic nitrogens is 2. The predicted octanol–water partition coefficient (Wildman–Crippen LogP) is 3.50. The quantitative estimate of drug-likeness (QED) is 0.813. The monoisotopic (exact) mass is 250 g/mol. The Labute approximate surface area is 107 Å². The van der Waals surface area contributed by atoms with Gasteiger partial charge in [-0.3, -0.25) is 0 Å². The molecule has 1 N–H and O–H groups in total. The summed E-state index contributed by atoms with van der Waals surface area (Å²) < 4.78 is 6.52. The van der Waals surface area contributed by atoms with Crippen LogP contribution < -0.4 is 0 Å². The van der Waals surface area contributed by atoms with Crippen LogP contribution in [0.4, 0.5) is 0 Å². The molecule has 4 heteroatoms. The zero-order valence-electron chi connectivity index (χ0n) is 10.1. The largest absolute Gasteiger partial charge is 0.370 e. The zero-order valence-corrected chi connectivity index (χ0v) is 10.9. The van der Waals surface area contributed by atoms with E-state index in [9.17, 15) is 0 Å². The van der Waals surface area contributed by atoms with Gasteiger partial charge in [0.1, 0.15) is 16.6 Å². The average molecular weight is 250 g/mol. The summed E-state index contributed by atoms with van der Waals surface area (Å²) in [7, 11) is 0. The predicted molar refractivity (Wildman–Crippen MR) is 68.5 cm³/mol. The first-order chi connectivity index (χ1) is 8.28. The van der Waals surface area contributed by atoms with Gasteiger partial charge in [0.25, 0.3) is 0 Å². The van der Waals surface area contributed by atoms with Crippen molar-refractivity contribution in [3.05, 3.63) is 22.2 Å². The van der Waals surface area contributed by atoms with E-state index in [1.807, 2.05) is 13.0 Å². The van der Waals surface area contributed by atoms with Crippen LogP contribution in [0.3, 0.4) is 0 Å². The van der Waals surface area contributed by atoms with Crippen molar-refractivity contribution in [3.63, 3.8) is 0 Å². The fourth-order valence-electron chi connectivity index (χ4n) is 2.26. The van der Waals surface area contributed by atoms with Crippen molar-refractivity contribution >= 4 is 12.2 Å². The smallest absolute Gasteiger partial charge is 0.137 e. The van der Waals surface area contributed by atoms with Gasteiger partial charge in [-0.05, 0) is 50.5 Å². The van der Waals surface area contributed by atoms with Gasteiger partial charge >= 0.3 is 0 Å². The van der Waals surface area contributed by atoms with Crippen LogP contribution in [-0.4, -0.2) is 16.6 Å². The standard InChI is InChI=1S/C13H18N2OS/c1-2-16-12(9-5-6-9)13-14-10(8-3-4-8)7-11(17)15-13/h7-9,12H,2-6H2,1H3,(H,14,15,17). The van der Waals surface area contributed by atoms with Gasteiger partial charge in [0, 0.05) is 12.3 Å². The van der Waals surface area contributed by atoms with Crippen molar-refractivity contribution in [1.29, 1.82) is 0 Å². The van der Waals surface area contributed by atoms with Gasteiger partial charge in [-0.2, -0.15) is 0 Å². The molecular weight excluding hydrogens is 232 g/mol. The molecule has 0 radical (unpaired) electrons. The molecular formula is C13H18N2OS. The topological polar surface area (TPSA) is 37.9 Å². The van der Waals surface area contributed by atoms with Crippen molar-refractivity contribution in [2.45, 2.75) is 44.6 Å². The molecule has 0 bridgehead atoms. The number of hydrogen-bond acceptors (Lipinski definition) is 3. The van der Waals surface area contributed by atoms with Crippen LogP contribution in [-0.2, 0) is 4.74 Å². The number of hydrogen-bond donors (Lipinski definition) is 1. The Hall–Kier alpha value is -0.740. The molecule has 0 aliphatic heterocycles. The molecule has 0 aromatic carbocycles. The maximum Gasteiger partial charge on any atom is 0.137 e. The van der Waals surface area contributed by atoms with Gasteiger partial charge in [-0.25, -0.2) is 4.98 Å². The third-order valence-corrected chi connectivity index (χ3v) is 3.67. The molecule has 0 amide bonds. The first-order valence-electron chi connectivity index (χ1n) is 6.50. The Balaban J connectivity index is 1.91. The van der Waals surface area contributed by atoms with Crippen LogP contribution in [0.15, 0.2) is 6.07 Å². The van der Waals surface area contributed by atoms with Gasteiger partial charge in [-0.1, -0.05) is 12.2 Å². The SMILES string of the molecule is CCOC(c1nc(=S)cc(C2CC2)[nH]1)C1CC1. The highest BCUT2D eigenvalue weighted by Crippen LogP contribution is 2.43. The fourth-order valence-corrected chi connectivity index (χ4v) is 2.49. The second-order valence-corrected chi connectivity index (χ2v) is 5.47.